The molecule has 1 aromatic rings. The molecule has 1 aromatic heterocycles. The molecule has 2 amide bonds. The number of carbonyl (C=O) groups is 3. The molecular weight excluding hydrogens is 376 g/mol. The lowest BCUT2D eigenvalue weighted by molar-refractivity contribution is -0.137. The fraction of sp³-hybridized carbons (Fsp3) is 0.562. The van der Waals surface area contributed by atoms with Gasteiger partial charge in [-0.15, -0.1) is 0 Å². The molecule has 0 radical (unpaired) electrons. The minimum atomic E-state index is -3.70. The standard InChI is InChI=1S/C16H26N4O6S/c1-16(2,3)18-13(21)9-20(6)14(22)10-26-15(23)12-7-11(8-19(12)5)27(24,25)17-4/h7-8,17H,9-10H2,1-6H3,(H,18,21). The van der Waals surface area contributed by atoms with Gasteiger partial charge in [-0.2, -0.15) is 0 Å². The minimum Gasteiger partial charge on any atom is -0.451 e. The Morgan fingerprint density at radius 1 is 1.26 bits per heavy atom. The van der Waals surface area contributed by atoms with Crippen molar-refractivity contribution in [2.24, 2.45) is 7.05 Å². The Labute approximate surface area is 158 Å². The SMILES string of the molecule is CNS(=O)(=O)c1cc(C(=O)OCC(=O)N(C)CC(=O)NC(C)(C)C)n(C)c1. The van der Waals surface area contributed by atoms with Crippen LogP contribution in [0.5, 0.6) is 0 Å². The Balaban J connectivity index is 2.66. The number of amides is 2. The maximum atomic E-state index is 12.1. The van der Waals surface area contributed by atoms with Gasteiger partial charge in [0.1, 0.15) is 10.6 Å². The van der Waals surface area contributed by atoms with Gasteiger partial charge in [-0.3, -0.25) is 9.59 Å². The van der Waals surface area contributed by atoms with Crippen LogP contribution in [0.2, 0.25) is 0 Å². The zero-order chi connectivity index (χ0) is 21.0. The molecule has 152 valence electrons. The number of aromatic nitrogens is 1. The third-order valence-corrected chi connectivity index (χ3v) is 4.80. The molecule has 0 aliphatic rings. The van der Waals surface area contributed by atoms with Crippen molar-refractivity contribution in [3.8, 4) is 0 Å². The highest BCUT2D eigenvalue weighted by Gasteiger charge is 2.22. The molecule has 27 heavy (non-hydrogen) atoms. The van der Waals surface area contributed by atoms with E-state index in [1.807, 2.05) is 20.8 Å². The van der Waals surface area contributed by atoms with Crippen molar-refractivity contribution in [3.05, 3.63) is 18.0 Å². The maximum Gasteiger partial charge on any atom is 0.355 e. The number of rotatable bonds is 7. The summed E-state index contributed by atoms with van der Waals surface area (Å²) >= 11 is 0. The lowest BCUT2D eigenvalue weighted by atomic mass is 10.1. The van der Waals surface area contributed by atoms with Crippen molar-refractivity contribution in [2.45, 2.75) is 31.2 Å². The Kier molecular flexibility index (Phi) is 7.15. The molecule has 0 bridgehead atoms. The van der Waals surface area contributed by atoms with Crippen LogP contribution in [-0.2, 0) is 31.4 Å². The van der Waals surface area contributed by atoms with Crippen molar-refractivity contribution >= 4 is 27.8 Å². The Morgan fingerprint density at radius 3 is 2.37 bits per heavy atom. The highest BCUT2D eigenvalue weighted by molar-refractivity contribution is 7.89. The van der Waals surface area contributed by atoms with Crippen LogP contribution < -0.4 is 10.0 Å². The van der Waals surface area contributed by atoms with Gasteiger partial charge in [-0.1, -0.05) is 0 Å². The molecule has 0 aromatic carbocycles. The van der Waals surface area contributed by atoms with Crippen LogP contribution in [0.25, 0.3) is 0 Å². The number of likely N-dealkylation sites (N-methyl/N-ethyl adjacent to an activating group) is 1. The van der Waals surface area contributed by atoms with E-state index in [9.17, 15) is 22.8 Å². The third kappa shape index (κ3) is 6.68. The van der Waals surface area contributed by atoms with Crippen molar-refractivity contribution in [1.29, 1.82) is 0 Å². The number of esters is 1. The van der Waals surface area contributed by atoms with E-state index in [1.54, 1.807) is 0 Å². The molecule has 2 N–H and O–H groups in total. The van der Waals surface area contributed by atoms with Gasteiger partial charge in [-0.05, 0) is 33.9 Å². The summed E-state index contributed by atoms with van der Waals surface area (Å²) in [6.07, 6.45) is 1.26. The number of sulfonamides is 1. The van der Waals surface area contributed by atoms with Gasteiger partial charge in [0.2, 0.25) is 15.9 Å². The summed E-state index contributed by atoms with van der Waals surface area (Å²) in [5.74, 6) is -1.75. The summed E-state index contributed by atoms with van der Waals surface area (Å²) in [7, 11) is 0.447. The predicted molar refractivity (Wildman–Crippen MR) is 97.5 cm³/mol. The summed E-state index contributed by atoms with van der Waals surface area (Å²) in [5, 5.41) is 2.72. The fourth-order valence-electron chi connectivity index (χ4n) is 2.07. The van der Waals surface area contributed by atoms with Gasteiger partial charge in [0, 0.05) is 25.8 Å². The topological polar surface area (TPSA) is 127 Å². The van der Waals surface area contributed by atoms with Crippen LogP contribution in [0.3, 0.4) is 0 Å². The number of aryl methyl sites for hydroxylation is 1. The highest BCUT2D eigenvalue weighted by atomic mass is 32.2. The van der Waals surface area contributed by atoms with Crippen molar-refractivity contribution in [1.82, 2.24) is 19.5 Å². The molecular formula is C16H26N4O6S. The van der Waals surface area contributed by atoms with E-state index in [0.717, 1.165) is 11.0 Å². The minimum absolute atomic E-state index is 0.0234. The molecule has 0 aliphatic heterocycles. The zero-order valence-corrected chi connectivity index (χ0v) is 17.1. The first kappa shape index (κ1) is 22.6. The molecule has 1 heterocycles. The summed E-state index contributed by atoms with van der Waals surface area (Å²) < 4.78 is 31.9. The number of carbonyl (C=O) groups excluding carboxylic acids is 3. The molecule has 1 rings (SSSR count). The molecule has 10 nitrogen and oxygen atoms in total. The number of hydrogen-bond donors (Lipinski definition) is 2. The molecule has 0 atom stereocenters. The predicted octanol–water partition coefficient (Wildman–Crippen LogP) is -0.537. The van der Waals surface area contributed by atoms with Crippen LogP contribution in [0, 0.1) is 0 Å². The second-order valence-electron chi connectivity index (χ2n) is 7.00. The van der Waals surface area contributed by atoms with Crippen LogP contribution in [-0.4, -0.2) is 68.5 Å². The molecule has 0 spiro atoms. The van der Waals surface area contributed by atoms with E-state index in [-0.39, 0.29) is 23.0 Å². The number of hydrogen-bond acceptors (Lipinski definition) is 6. The number of nitrogens with zero attached hydrogens (tertiary/aromatic N) is 2. The first-order valence-corrected chi connectivity index (χ1v) is 9.57. The third-order valence-electron chi connectivity index (χ3n) is 3.42. The van der Waals surface area contributed by atoms with E-state index < -0.39 is 34.0 Å². The second kappa shape index (κ2) is 8.53. The molecule has 0 saturated heterocycles. The van der Waals surface area contributed by atoms with E-state index in [2.05, 4.69) is 10.0 Å². The van der Waals surface area contributed by atoms with E-state index >= 15 is 0 Å². The monoisotopic (exact) mass is 402 g/mol. The van der Waals surface area contributed by atoms with E-state index in [1.165, 1.54) is 31.9 Å². The van der Waals surface area contributed by atoms with Crippen LogP contribution in [0.15, 0.2) is 17.2 Å². The average Bonchev–Trinajstić information content (AvgIpc) is 2.93. The molecule has 0 saturated carbocycles. The van der Waals surface area contributed by atoms with Crippen LogP contribution in [0.1, 0.15) is 31.3 Å². The van der Waals surface area contributed by atoms with Gasteiger partial charge in [0.25, 0.3) is 5.91 Å². The van der Waals surface area contributed by atoms with Gasteiger partial charge < -0.3 is 19.5 Å². The highest BCUT2D eigenvalue weighted by Crippen LogP contribution is 2.14. The van der Waals surface area contributed by atoms with Gasteiger partial charge >= 0.3 is 5.97 Å². The first-order valence-electron chi connectivity index (χ1n) is 8.09. The number of ether oxygens (including phenoxy) is 1. The van der Waals surface area contributed by atoms with E-state index in [4.69, 9.17) is 4.74 Å². The number of nitrogens with one attached hydrogen (secondary N) is 2. The lowest BCUT2D eigenvalue weighted by Crippen LogP contribution is -2.46. The van der Waals surface area contributed by atoms with Crippen LogP contribution >= 0.6 is 0 Å². The average molecular weight is 402 g/mol. The normalized spacial score (nSPS) is 11.8. The van der Waals surface area contributed by atoms with E-state index in [0.29, 0.717) is 0 Å². The van der Waals surface area contributed by atoms with Crippen LogP contribution in [0.4, 0.5) is 0 Å². The first-order chi connectivity index (χ1) is 12.3. The molecule has 11 heteroatoms. The van der Waals surface area contributed by atoms with Crippen molar-refractivity contribution in [3.63, 3.8) is 0 Å². The summed E-state index contributed by atoms with van der Waals surface area (Å²) in [4.78, 5) is 37.0. The van der Waals surface area contributed by atoms with Crippen molar-refractivity contribution < 1.29 is 27.5 Å². The fourth-order valence-corrected chi connectivity index (χ4v) is 2.87. The Hall–Kier alpha value is -2.40. The quantitative estimate of drug-likeness (QED) is 0.590. The second-order valence-corrected chi connectivity index (χ2v) is 8.89. The molecule has 0 unspecified atom stereocenters. The Morgan fingerprint density at radius 2 is 1.85 bits per heavy atom. The largest absolute Gasteiger partial charge is 0.451 e. The lowest BCUT2D eigenvalue weighted by Gasteiger charge is -2.23. The molecule has 0 fully saturated rings. The maximum absolute atomic E-state index is 12.1. The summed E-state index contributed by atoms with van der Waals surface area (Å²) in [6, 6.07) is 1.15. The van der Waals surface area contributed by atoms with Gasteiger partial charge in [-0.25, -0.2) is 17.9 Å². The summed E-state index contributed by atoms with van der Waals surface area (Å²) in [5.41, 5.74) is -0.449. The van der Waals surface area contributed by atoms with Crippen molar-refractivity contribution in [2.75, 3.05) is 27.2 Å². The Bertz CT molecular complexity index is 822. The van der Waals surface area contributed by atoms with Gasteiger partial charge in [0.05, 0.1) is 6.54 Å². The zero-order valence-electron chi connectivity index (χ0n) is 16.3. The smallest absolute Gasteiger partial charge is 0.355 e. The summed E-state index contributed by atoms with van der Waals surface area (Å²) in [6.45, 7) is 4.70. The van der Waals surface area contributed by atoms with Gasteiger partial charge in [0.15, 0.2) is 6.61 Å². The molecule has 0 aliphatic carbocycles.